The molecule has 1 aromatic carbocycles. The molecule has 0 saturated carbocycles. The quantitative estimate of drug-likeness (QED) is 0.717. The number of likely N-dealkylation sites (tertiary alicyclic amines) is 1. The number of amides is 1. The van der Waals surface area contributed by atoms with Crippen LogP contribution in [0, 0.1) is 0 Å². The van der Waals surface area contributed by atoms with Gasteiger partial charge in [0.05, 0.1) is 16.6 Å². The monoisotopic (exact) mass is 358 g/mol. The fourth-order valence-electron chi connectivity index (χ4n) is 2.73. The fourth-order valence-corrected chi connectivity index (χ4v) is 3.01. The molecular formula is C17H24Cl2N2O2. The van der Waals surface area contributed by atoms with Gasteiger partial charge < -0.3 is 15.4 Å². The molecule has 2 rings (SSSR count). The molecule has 2 N–H and O–H groups in total. The second kappa shape index (κ2) is 9.36. The molecule has 1 amide bonds. The summed E-state index contributed by atoms with van der Waals surface area (Å²) in [6.07, 6.45) is 5.63. The molecule has 0 spiro atoms. The van der Waals surface area contributed by atoms with Crippen LogP contribution in [0.2, 0.25) is 10.0 Å². The predicted octanol–water partition coefficient (Wildman–Crippen LogP) is 3.88. The van der Waals surface area contributed by atoms with E-state index in [0.29, 0.717) is 28.8 Å². The van der Waals surface area contributed by atoms with Crippen molar-refractivity contribution >= 4 is 29.1 Å². The minimum Gasteiger partial charge on any atom is -0.488 e. The van der Waals surface area contributed by atoms with Gasteiger partial charge in [-0.3, -0.25) is 4.79 Å². The number of hydrogen-bond acceptors (Lipinski definition) is 3. The van der Waals surface area contributed by atoms with Crippen LogP contribution in [-0.4, -0.2) is 36.5 Å². The molecule has 1 aliphatic rings. The Morgan fingerprint density at radius 3 is 2.74 bits per heavy atom. The molecule has 1 atom stereocenters. The van der Waals surface area contributed by atoms with Gasteiger partial charge in [-0.2, -0.15) is 0 Å². The topological polar surface area (TPSA) is 55.6 Å². The lowest BCUT2D eigenvalue weighted by atomic mass is 10.1. The van der Waals surface area contributed by atoms with Crippen molar-refractivity contribution < 1.29 is 9.53 Å². The Hall–Kier alpha value is -0.970. The van der Waals surface area contributed by atoms with E-state index >= 15 is 0 Å². The summed E-state index contributed by atoms with van der Waals surface area (Å²) in [6.45, 7) is 2.13. The van der Waals surface area contributed by atoms with Gasteiger partial charge in [0, 0.05) is 25.5 Å². The van der Waals surface area contributed by atoms with E-state index in [9.17, 15) is 4.79 Å². The maximum Gasteiger partial charge on any atom is 0.222 e. The van der Waals surface area contributed by atoms with Crippen LogP contribution >= 0.6 is 23.2 Å². The Balaban J connectivity index is 1.72. The van der Waals surface area contributed by atoms with Crippen molar-refractivity contribution in [2.24, 2.45) is 5.73 Å². The molecular weight excluding hydrogens is 335 g/mol. The molecule has 1 unspecified atom stereocenters. The van der Waals surface area contributed by atoms with Gasteiger partial charge in [0.2, 0.25) is 5.91 Å². The summed E-state index contributed by atoms with van der Waals surface area (Å²) in [5.74, 6) is 0.915. The molecule has 6 heteroatoms. The summed E-state index contributed by atoms with van der Waals surface area (Å²) < 4.78 is 5.90. The number of rotatable bonds is 8. The average Bonchev–Trinajstić information content (AvgIpc) is 2.99. The van der Waals surface area contributed by atoms with Crippen LogP contribution in [0.5, 0.6) is 5.75 Å². The third-order valence-corrected chi connectivity index (χ3v) is 4.78. The summed E-state index contributed by atoms with van der Waals surface area (Å²) >= 11 is 11.9. The van der Waals surface area contributed by atoms with Crippen LogP contribution in [-0.2, 0) is 4.79 Å². The van der Waals surface area contributed by atoms with Crippen molar-refractivity contribution in [2.75, 3.05) is 19.6 Å². The van der Waals surface area contributed by atoms with Gasteiger partial charge in [0.1, 0.15) is 11.9 Å². The summed E-state index contributed by atoms with van der Waals surface area (Å²) in [6, 6.07) is 5.24. The molecule has 1 fully saturated rings. The van der Waals surface area contributed by atoms with E-state index < -0.39 is 0 Å². The lowest BCUT2D eigenvalue weighted by Gasteiger charge is -2.17. The Bertz CT molecular complexity index is 525. The molecule has 1 aromatic rings. The molecule has 0 bridgehead atoms. The molecule has 4 nitrogen and oxygen atoms in total. The molecule has 0 radical (unpaired) electrons. The predicted molar refractivity (Wildman–Crippen MR) is 94.2 cm³/mol. The van der Waals surface area contributed by atoms with Gasteiger partial charge in [-0.15, -0.1) is 0 Å². The van der Waals surface area contributed by atoms with Gasteiger partial charge >= 0.3 is 0 Å². The van der Waals surface area contributed by atoms with Gasteiger partial charge in [0.15, 0.2) is 0 Å². The third-order valence-electron chi connectivity index (χ3n) is 4.04. The highest BCUT2D eigenvalue weighted by atomic mass is 35.5. The normalized spacial score (nSPS) is 17.5. The zero-order chi connectivity index (χ0) is 16.7. The smallest absolute Gasteiger partial charge is 0.222 e. The maximum atomic E-state index is 12.2. The maximum absolute atomic E-state index is 12.2. The van der Waals surface area contributed by atoms with Crippen molar-refractivity contribution in [3.05, 3.63) is 28.2 Å². The highest BCUT2D eigenvalue weighted by Gasteiger charge is 2.27. The summed E-state index contributed by atoms with van der Waals surface area (Å²) in [5.41, 5.74) is 5.46. The number of carbonyl (C=O) groups is 1. The Morgan fingerprint density at radius 1 is 1.22 bits per heavy atom. The number of nitrogens with zero attached hydrogens (tertiary/aromatic N) is 1. The van der Waals surface area contributed by atoms with Crippen molar-refractivity contribution in [3.8, 4) is 5.75 Å². The van der Waals surface area contributed by atoms with E-state index in [1.165, 1.54) is 0 Å². The molecule has 1 heterocycles. The van der Waals surface area contributed by atoms with Crippen LogP contribution in [0.15, 0.2) is 18.2 Å². The first-order valence-corrected chi connectivity index (χ1v) is 8.95. The van der Waals surface area contributed by atoms with E-state index in [1.807, 2.05) is 4.90 Å². The molecule has 0 aliphatic carbocycles. The highest BCUT2D eigenvalue weighted by molar-refractivity contribution is 6.42. The highest BCUT2D eigenvalue weighted by Crippen LogP contribution is 2.28. The Labute approximate surface area is 147 Å². The number of unbranched alkanes of at least 4 members (excludes halogenated alkanes) is 3. The van der Waals surface area contributed by atoms with Crippen LogP contribution in [0.1, 0.15) is 38.5 Å². The minimum atomic E-state index is 0.0217. The minimum absolute atomic E-state index is 0.0217. The van der Waals surface area contributed by atoms with E-state index in [-0.39, 0.29) is 12.0 Å². The Kier molecular flexibility index (Phi) is 7.47. The van der Waals surface area contributed by atoms with Gasteiger partial charge in [-0.25, -0.2) is 0 Å². The second-order valence-electron chi connectivity index (χ2n) is 5.90. The molecule has 1 aliphatic heterocycles. The zero-order valence-electron chi connectivity index (χ0n) is 13.3. The number of carbonyl (C=O) groups excluding carboxylic acids is 1. The van der Waals surface area contributed by atoms with Gasteiger partial charge in [-0.05, 0) is 31.5 Å². The molecule has 1 saturated heterocycles. The van der Waals surface area contributed by atoms with Gasteiger partial charge in [-0.1, -0.05) is 36.0 Å². The first-order chi connectivity index (χ1) is 11.1. The van der Waals surface area contributed by atoms with Crippen LogP contribution in [0.3, 0.4) is 0 Å². The van der Waals surface area contributed by atoms with Gasteiger partial charge in [0.25, 0.3) is 0 Å². The van der Waals surface area contributed by atoms with Crippen LogP contribution < -0.4 is 10.5 Å². The van der Waals surface area contributed by atoms with Crippen molar-refractivity contribution in [2.45, 2.75) is 44.6 Å². The van der Waals surface area contributed by atoms with Crippen LogP contribution in [0.4, 0.5) is 0 Å². The standard InChI is InChI=1S/C17H24Cl2N2O2/c18-15-7-6-13(11-16(15)19)23-14-8-10-21(12-14)17(22)5-3-1-2-4-9-20/h6-7,11,14H,1-5,8-10,12,20H2. The van der Waals surface area contributed by atoms with Crippen molar-refractivity contribution in [1.82, 2.24) is 4.90 Å². The lowest BCUT2D eigenvalue weighted by molar-refractivity contribution is -0.130. The zero-order valence-corrected chi connectivity index (χ0v) is 14.8. The summed E-state index contributed by atoms with van der Waals surface area (Å²) in [4.78, 5) is 14.1. The fraction of sp³-hybridized carbons (Fsp3) is 0.588. The Morgan fingerprint density at radius 2 is 2.00 bits per heavy atom. The van der Waals surface area contributed by atoms with Crippen LogP contribution in [0.25, 0.3) is 0 Å². The van der Waals surface area contributed by atoms with E-state index in [1.54, 1.807) is 18.2 Å². The van der Waals surface area contributed by atoms with E-state index in [0.717, 1.165) is 45.2 Å². The number of nitrogens with two attached hydrogens (primary N) is 1. The molecule has 128 valence electrons. The largest absolute Gasteiger partial charge is 0.488 e. The number of benzene rings is 1. The van der Waals surface area contributed by atoms with E-state index in [4.69, 9.17) is 33.7 Å². The summed E-state index contributed by atoms with van der Waals surface area (Å²) in [7, 11) is 0. The second-order valence-corrected chi connectivity index (χ2v) is 6.71. The average molecular weight is 359 g/mol. The molecule has 23 heavy (non-hydrogen) atoms. The third kappa shape index (κ3) is 5.87. The SMILES string of the molecule is NCCCCCCC(=O)N1CCC(Oc2ccc(Cl)c(Cl)c2)C1. The number of ether oxygens (including phenoxy) is 1. The van der Waals surface area contributed by atoms with Crippen molar-refractivity contribution in [1.29, 1.82) is 0 Å². The summed E-state index contributed by atoms with van der Waals surface area (Å²) in [5, 5.41) is 0.990. The van der Waals surface area contributed by atoms with E-state index in [2.05, 4.69) is 0 Å². The number of halogens is 2. The molecule has 0 aromatic heterocycles. The first kappa shape index (κ1) is 18.4. The van der Waals surface area contributed by atoms with Crippen molar-refractivity contribution in [3.63, 3.8) is 0 Å². The first-order valence-electron chi connectivity index (χ1n) is 8.19. The number of hydrogen-bond donors (Lipinski definition) is 1. The lowest BCUT2D eigenvalue weighted by Crippen LogP contribution is -2.30.